The van der Waals surface area contributed by atoms with Crippen molar-refractivity contribution < 1.29 is 8.78 Å². The molecule has 5 heteroatoms. The van der Waals surface area contributed by atoms with Crippen molar-refractivity contribution in [3.05, 3.63) is 17.8 Å². The normalized spacial score (nSPS) is 13.2. The van der Waals surface area contributed by atoms with Crippen molar-refractivity contribution in [2.45, 2.75) is 26.2 Å². The number of anilines is 2. The summed E-state index contributed by atoms with van der Waals surface area (Å²) < 4.78 is 25.9. The van der Waals surface area contributed by atoms with E-state index in [1.165, 1.54) is 6.20 Å². The van der Waals surface area contributed by atoms with E-state index in [1.54, 1.807) is 27.0 Å². The summed E-state index contributed by atoms with van der Waals surface area (Å²) in [6.07, 6.45) is -0.905. The monoisotopic (exact) mass is 229 g/mol. The van der Waals surface area contributed by atoms with Crippen LogP contribution in [0.2, 0.25) is 0 Å². The molecule has 0 aliphatic heterocycles. The second-order valence-corrected chi connectivity index (χ2v) is 4.05. The van der Waals surface area contributed by atoms with Gasteiger partial charge in [0.05, 0.1) is 17.8 Å². The van der Waals surface area contributed by atoms with E-state index in [4.69, 9.17) is 5.73 Å². The van der Waals surface area contributed by atoms with Crippen LogP contribution in [0.25, 0.3) is 0 Å². The maximum Gasteiger partial charge on any atom is 0.245 e. The van der Waals surface area contributed by atoms with Gasteiger partial charge in [0.15, 0.2) is 0 Å². The van der Waals surface area contributed by atoms with Gasteiger partial charge in [0.2, 0.25) is 6.43 Å². The minimum Gasteiger partial charge on any atom is -0.387 e. The number of rotatable bonds is 4. The van der Waals surface area contributed by atoms with Crippen LogP contribution < -0.4 is 11.1 Å². The van der Waals surface area contributed by atoms with Crippen molar-refractivity contribution >= 4 is 11.5 Å². The Morgan fingerprint density at radius 3 is 2.44 bits per heavy atom. The van der Waals surface area contributed by atoms with Crippen molar-refractivity contribution in [1.29, 1.82) is 0 Å². The number of alkyl halides is 2. The number of nitrogens with zero attached hydrogens (tertiary/aromatic N) is 1. The molecule has 0 bridgehead atoms. The van der Waals surface area contributed by atoms with Crippen LogP contribution in [-0.2, 0) is 0 Å². The Balaban J connectivity index is 3.17. The Morgan fingerprint density at radius 1 is 1.38 bits per heavy atom. The lowest BCUT2D eigenvalue weighted by Crippen LogP contribution is -2.18. The van der Waals surface area contributed by atoms with E-state index in [2.05, 4.69) is 10.3 Å². The summed E-state index contributed by atoms with van der Waals surface area (Å²) in [6, 6.07) is 1.64. The van der Waals surface area contributed by atoms with E-state index < -0.39 is 12.3 Å². The third kappa shape index (κ3) is 2.59. The fourth-order valence-electron chi connectivity index (χ4n) is 1.68. The summed E-state index contributed by atoms with van der Waals surface area (Å²) in [4.78, 5) is 3.92. The molecule has 1 aromatic rings. The first-order valence-corrected chi connectivity index (χ1v) is 5.18. The number of halogens is 2. The first-order chi connectivity index (χ1) is 7.47. The van der Waals surface area contributed by atoms with Gasteiger partial charge >= 0.3 is 0 Å². The number of aromatic nitrogens is 1. The van der Waals surface area contributed by atoms with Gasteiger partial charge in [0.1, 0.15) is 5.82 Å². The summed E-state index contributed by atoms with van der Waals surface area (Å²) in [5.41, 5.74) is 6.75. The summed E-state index contributed by atoms with van der Waals surface area (Å²) >= 11 is 0. The first-order valence-electron chi connectivity index (χ1n) is 5.18. The zero-order chi connectivity index (χ0) is 12.3. The standard InChI is InChI=1S/C11H17F2N3/c1-6(2)9(10(12)13)8-4-7(15-3)5-16-11(8)14/h4-6,9-10,15H,1-3H3,(H2,14,16). The van der Waals surface area contributed by atoms with Crippen LogP contribution in [0.4, 0.5) is 20.3 Å². The lowest BCUT2D eigenvalue weighted by atomic mass is 9.89. The maximum absolute atomic E-state index is 12.9. The minimum absolute atomic E-state index is 0.179. The molecule has 3 N–H and O–H groups in total. The zero-order valence-corrected chi connectivity index (χ0v) is 9.67. The Labute approximate surface area is 94.1 Å². The smallest absolute Gasteiger partial charge is 0.245 e. The van der Waals surface area contributed by atoms with Gasteiger partial charge in [-0.05, 0) is 12.0 Å². The highest BCUT2D eigenvalue weighted by molar-refractivity contribution is 5.53. The Hall–Kier alpha value is -1.39. The summed E-state index contributed by atoms with van der Waals surface area (Å²) in [5, 5.41) is 2.86. The molecule has 0 aliphatic rings. The van der Waals surface area contributed by atoms with Crippen molar-refractivity contribution in [3.63, 3.8) is 0 Å². The molecule has 1 rings (SSSR count). The zero-order valence-electron chi connectivity index (χ0n) is 9.67. The van der Waals surface area contributed by atoms with Gasteiger partial charge in [-0.3, -0.25) is 0 Å². The minimum atomic E-state index is -2.43. The Bertz CT molecular complexity index is 345. The van der Waals surface area contributed by atoms with Crippen molar-refractivity contribution in [2.24, 2.45) is 5.92 Å². The van der Waals surface area contributed by atoms with Gasteiger partial charge in [0, 0.05) is 12.6 Å². The van der Waals surface area contributed by atoms with Gasteiger partial charge in [-0.15, -0.1) is 0 Å². The first kappa shape index (κ1) is 12.7. The number of nitrogens with one attached hydrogen (secondary N) is 1. The molecule has 1 unspecified atom stereocenters. The molecule has 1 atom stereocenters. The van der Waals surface area contributed by atoms with Crippen LogP contribution in [0.15, 0.2) is 12.3 Å². The third-order valence-electron chi connectivity index (χ3n) is 2.59. The van der Waals surface area contributed by atoms with Gasteiger partial charge in [-0.2, -0.15) is 0 Å². The fourth-order valence-corrected chi connectivity index (χ4v) is 1.68. The fraction of sp³-hybridized carbons (Fsp3) is 0.545. The molecule has 16 heavy (non-hydrogen) atoms. The highest BCUT2D eigenvalue weighted by atomic mass is 19.3. The summed E-state index contributed by atoms with van der Waals surface area (Å²) in [6.45, 7) is 3.50. The molecule has 0 saturated carbocycles. The predicted octanol–water partition coefficient (Wildman–Crippen LogP) is 2.71. The van der Waals surface area contributed by atoms with Crippen LogP contribution in [0, 0.1) is 5.92 Å². The molecule has 0 spiro atoms. The second-order valence-electron chi connectivity index (χ2n) is 4.05. The number of hydrogen-bond donors (Lipinski definition) is 2. The molecular weight excluding hydrogens is 212 g/mol. The van der Waals surface area contributed by atoms with Crippen molar-refractivity contribution in [1.82, 2.24) is 4.98 Å². The molecule has 0 aromatic carbocycles. The quantitative estimate of drug-likeness (QED) is 0.834. The average Bonchev–Trinajstić information content (AvgIpc) is 2.20. The van der Waals surface area contributed by atoms with E-state index in [0.717, 1.165) is 0 Å². The van der Waals surface area contributed by atoms with Crippen LogP contribution in [-0.4, -0.2) is 18.5 Å². The van der Waals surface area contributed by atoms with Crippen molar-refractivity contribution in [2.75, 3.05) is 18.1 Å². The SMILES string of the molecule is CNc1cnc(N)c(C(C(C)C)C(F)F)c1. The predicted molar refractivity (Wildman–Crippen MR) is 61.8 cm³/mol. The van der Waals surface area contributed by atoms with Gasteiger partial charge in [-0.25, -0.2) is 13.8 Å². The van der Waals surface area contributed by atoms with E-state index in [-0.39, 0.29) is 11.7 Å². The Kier molecular flexibility index (Phi) is 4.04. The highest BCUT2D eigenvalue weighted by Gasteiger charge is 2.28. The molecule has 90 valence electrons. The number of nitrogens with two attached hydrogens (primary N) is 1. The molecule has 0 saturated heterocycles. The second kappa shape index (κ2) is 5.09. The van der Waals surface area contributed by atoms with E-state index >= 15 is 0 Å². The topological polar surface area (TPSA) is 50.9 Å². The van der Waals surface area contributed by atoms with E-state index in [0.29, 0.717) is 11.3 Å². The molecule has 1 heterocycles. The Morgan fingerprint density at radius 2 is 2.00 bits per heavy atom. The number of hydrogen-bond acceptors (Lipinski definition) is 3. The number of nitrogen functional groups attached to an aromatic ring is 1. The van der Waals surface area contributed by atoms with Crippen LogP contribution in [0.1, 0.15) is 25.3 Å². The molecule has 3 nitrogen and oxygen atoms in total. The number of pyridine rings is 1. The summed E-state index contributed by atoms with van der Waals surface area (Å²) in [5.74, 6) is -0.880. The highest BCUT2D eigenvalue weighted by Crippen LogP contribution is 2.34. The van der Waals surface area contributed by atoms with E-state index in [9.17, 15) is 8.78 Å². The summed E-state index contributed by atoms with van der Waals surface area (Å²) in [7, 11) is 1.71. The van der Waals surface area contributed by atoms with E-state index in [1.807, 2.05) is 0 Å². The lowest BCUT2D eigenvalue weighted by molar-refractivity contribution is 0.0936. The van der Waals surface area contributed by atoms with Gasteiger partial charge < -0.3 is 11.1 Å². The molecule has 0 amide bonds. The largest absolute Gasteiger partial charge is 0.387 e. The van der Waals surface area contributed by atoms with Crippen LogP contribution in [0.3, 0.4) is 0 Å². The van der Waals surface area contributed by atoms with Gasteiger partial charge in [-0.1, -0.05) is 13.8 Å². The molecule has 1 aromatic heterocycles. The average molecular weight is 229 g/mol. The van der Waals surface area contributed by atoms with Crippen LogP contribution in [0.5, 0.6) is 0 Å². The van der Waals surface area contributed by atoms with Crippen molar-refractivity contribution in [3.8, 4) is 0 Å². The maximum atomic E-state index is 12.9. The third-order valence-corrected chi connectivity index (χ3v) is 2.59. The lowest BCUT2D eigenvalue weighted by Gasteiger charge is -2.22. The molecule has 0 radical (unpaired) electrons. The molecule has 0 aliphatic carbocycles. The van der Waals surface area contributed by atoms with Gasteiger partial charge in [0.25, 0.3) is 0 Å². The molecule has 0 fully saturated rings. The van der Waals surface area contributed by atoms with Crippen LogP contribution >= 0.6 is 0 Å². The molecular formula is C11H17F2N3.